The number of nitrogens with zero attached hydrogens (tertiary/aromatic N) is 1. The van der Waals surface area contributed by atoms with Gasteiger partial charge in [0.2, 0.25) is 0 Å². The molecule has 0 radical (unpaired) electrons. The summed E-state index contributed by atoms with van der Waals surface area (Å²) in [6.07, 6.45) is 2.81. The Morgan fingerprint density at radius 1 is 1.32 bits per heavy atom. The lowest BCUT2D eigenvalue weighted by atomic mass is 10.1. The summed E-state index contributed by atoms with van der Waals surface area (Å²) in [4.78, 5) is 13.5. The molecule has 1 amide bonds. The van der Waals surface area contributed by atoms with Gasteiger partial charge in [0.25, 0.3) is 0 Å². The van der Waals surface area contributed by atoms with E-state index in [1.54, 1.807) is 11.9 Å². The van der Waals surface area contributed by atoms with Crippen LogP contribution in [0.1, 0.15) is 31.9 Å². The van der Waals surface area contributed by atoms with E-state index in [-0.39, 0.29) is 6.09 Å². The molecule has 0 heterocycles. The highest BCUT2D eigenvalue weighted by atomic mass is 16.6. The van der Waals surface area contributed by atoms with Gasteiger partial charge in [-0.05, 0) is 43.9 Å². The molecule has 0 aromatic heterocycles. The van der Waals surface area contributed by atoms with Gasteiger partial charge in [-0.15, -0.1) is 0 Å². The topological polar surface area (TPSA) is 29.5 Å². The van der Waals surface area contributed by atoms with Crippen molar-refractivity contribution in [3.05, 3.63) is 41.0 Å². The second-order valence-corrected chi connectivity index (χ2v) is 6.01. The summed E-state index contributed by atoms with van der Waals surface area (Å²) in [5.74, 6) is 0. The van der Waals surface area contributed by atoms with Gasteiger partial charge in [0.1, 0.15) is 5.60 Å². The molecule has 3 heteroatoms. The first-order valence-corrected chi connectivity index (χ1v) is 6.56. The van der Waals surface area contributed by atoms with Crippen LogP contribution < -0.4 is 0 Å². The fourth-order valence-electron chi connectivity index (χ4n) is 2.16. The molecular weight excluding hydrogens is 238 g/mol. The molecule has 1 aliphatic rings. The van der Waals surface area contributed by atoms with E-state index in [4.69, 9.17) is 4.74 Å². The lowest BCUT2D eigenvalue weighted by molar-refractivity contribution is 0.0313. The number of hydrogen-bond donors (Lipinski definition) is 0. The summed E-state index contributed by atoms with van der Waals surface area (Å²) in [6, 6.07) is 8.32. The van der Waals surface area contributed by atoms with Gasteiger partial charge >= 0.3 is 6.09 Å². The van der Waals surface area contributed by atoms with Gasteiger partial charge < -0.3 is 9.64 Å². The van der Waals surface area contributed by atoms with Gasteiger partial charge in [-0.3, -0.25) is 0 Å². The van der Waals surface area contributed by atoms with Crippen molar-refractivity contribution in [1.82, 2.24) is 4.90 Å². The highest BCUT2D eigenvalue weighted by Gasteiger charge is 2.21. The number of hydrogen-bond acceptors (Lipinski definition) is 2. The van der Waals surface area contributed by atoms with E-state index in [0.717, 1.165) is 6.42 Å². The van der Waals surface area contributed by atoms with Gasteiger partial charge in [0.05, 0.1) is 0 Å². The molecule has 0 fully saturated rings. The van der Waals surface area contributed by atoms with Crippen LogP contribution in [0.3, 0.4) is 0 Å². The lowest BCUT2D eigenvalue weighted by Crippen LogP contribution is -2.35. The Balaban J connectivity index is 1.95. The first-order valence-electron chi connectivity index (χ1n) is 6.56. The molecule has 0 spiro atoms. The Kier molecular flexibility index (Phi) is 3.65. The average Bonchev–Trinajstić information content (AvgIpc) is 2.68. The molecule has 1 aromatic carbocycles. The zero-order chi connectivity index (χ0) is 14.0. The van der Waals surface area contributed by atoms with Crippen LogP contribution in [0.2, 0.25) is 0 Å². The molecule has 2 rings (SSSR count). The predicted molar refractivity (Wildman–Crippen MR) is 77.0 cm³/mol. The molecule has 0 aliphatic heterocycles. The van der Waals surface area contributed by atoms with Crippen molar-refractivity contribution in [3.63, 3.8) is 0 Å². The smallest absolute Gasteiger partial charge is 0.410 e. The summed E-state index contributed by atoms with van der Waals surface area (Å²) >= 11 is 0. The molecular formula is C16H21NO2. The third-order valence-corrected chi connectivity index (χ3v) is 2.98. The van der Waals surface area contributed by atoms with E-state index < -0.39 is 5.60 Å². The maximum Gasteiger partial charge on any atom is 0.410 e. The fraction of sp³-hybridized carbons (Fsp3) is 0.438. The van der Waals surface area contributed by atoms with E-state index in [0.29, 0.717) is 6.54 Å². The predicted octanol–water partition coefficient (Wildman–Crippen LogP) is 3.49. The summed E-state index contributed by atoms with van der Waals surface area (Å²) in [5.41, 5.74) is 3.39. The third kappa shape index (κ3) is 3.60. The van der Waals surface area contributed by atoms with Crippen molar-refractivity contribution in [2.24, 2.45) is 0 Å². The van der Waals surface area contributed by atoms with E-state index in [1.165, 1.54) is 16.7 Å². The lowest BCUT2D eigenvalue weighted by Gasteiger charge is -2.24. The van der Waals surface area contributed by atoms with Crippen molar-refractivity contribution in [1.29, 1.82) is 0 Å². The van der Waals surface area contributed by atoms with Crippen molar-refractivity contribution < 1.29 is 9.53 Å². The van der Waals surface area contributed by atoms with Crippen LogP contribution >= 0.6 is 0 Å². The molecule has 1 aromatic rings. The van der Waals surface area contributed by atoms with Crippen LogP contribution in [0.4, 0.5) is 4.79 Å². The van der Waals surface area contributed by atoms with Crippen LogP contribution in [-0.2, 0) is 11.2 Å². The molecule has 0 unspecified atom stereocenters. The molecule has 0 saturated heterocycles. The summed E-state index contributed by atoms with van der Waals surface area (Å²) in [6.45, 7) is 6.25. The summed E-state index contributed by atoms with van der Waals surface area (Å²) in [5, 5.41) is 0. The first-order chi connectivity index (χ1) is 8.85. The van der Waals surface area contributed by atoms with Gasteiger partial charge in [-0.25, -0.2) is 4.79 Å². The third-order valence-electron chi connectivity index (χ3n) is 2.98. The quantitative estimate of drug-likeness (QED) is 0.813. The normalized spacial score (nSPS) is 13.8. The van der Waals surface area contributed by atoms with E-state index in [9.17, 15) is 4.79 Å². The number of benzene rings is 1. The number of amides is 1. The standard InChI is InChI=1S/C16H21NO2/c1-16(2,3)19-15(18)17(4)11-12-9-13-7-5-6-8-14(13)10-12/h5-9H,10-11H2,1-4H3. The minimum Gasteiger partial charge on any atom is -0.444 e. The van der Waals surface area contributed by atoms with E-state index in [2.05, 4.69) is 18.2 Å². The van der Waals surface area contributed by atoms with Crippen molar-refractivity contribution in [2.45, 2.75) is 32.8 Å². The largest absolute Gasteiger partial charge is 0.444 e. The number of rotatable bonds is 2. The highest BCUT2D eigenvalue weighted by molar-refractivity contribution is 5.70. The molecule has 0 bridgehead atoms. The second kappa shape index (κ2) is 5.08. The monoisotopic (exact) mass is 259 g/mol. The number of ether oxygens (including phenoxy) is 1. The molecule has 19 heavy (non-hydrogen) atoms. The molecule has 1 aliphatic carbocycles. The molecule has 102 valence electrons. The molecule has 3 nitrogen and oxygen atoms in total. The number of carbonyl (C=O) groups is 1. The Morgan fingerprint density at radius 2 is 2.00 bits per heavy atom. The maximum atomic E-state index is 11.9. The zero-order valence-corrected chi connectivity index (χ0v) is 12.1. The van der Waals surface area contributed by atoms with Crippen molar-refractivity contribution in [2.75, 3.05) is 13.6 Å². The number of carbonyl (C=O) groups excluding carboxylic acids is 1. The SMILES string of the molecule is CN(CC1=Cc2ccccc2C1)C(=O)OC(C)(C)C. The van der Waals surface area contributed by atoms with Crippen LogP contribution in [0.25, 0.3) is 6.08 Å². The first kappa shape index (κ1) is 13.7. The summed E-state index contributed by atoms with van der Waals surface area (Å²) < 4.78 is 5.35. The molecule has 0 atom stereocenters. The van der Waals surface area contributed by atoms with E-state index in [1.807, 2.05) is 32.9 Å². The van der Waals surface area contributed by atoms with Crippen LogP contribution in [-0.4, -0.2) is 30.2 Å². The minimum absolute atomic E-state index is 0.274. The number of likely N-dealkylation sites (N-methyl/N-ethyl adjacent to an activating group) is 1. The van der Waals surface area contributed by atoms with Crippen LogP contribution in [0.5, 0.6) is 0 Å². The highest BCUT2D eigenvalue weighted by Crippen LogP contribution is 2.25. The van der Waals surface area contributed by atoms with Crippen molar-refractivity contribution in [3.8, 4) is 0 Å². The van der Waals surface area contributed by atoms with E-state index >= 15 is 0 Å². The second-order valence-electron chi connectivity index (χ2n) is 6.01. The Morgan fingerprint density at radius 3 is 2.63 bits per heavy atom. The van der Waals surface area contributed by atoms with Crippen LogP contribution in [0.15, 0.2) is 29.8 Å². The fourth-order valence-corrected chi connectivity index (χ4v) is 2.16. The maximum absolute atomic E-state index is 11.9. The van der Waals surface area contributed by atoms with Gasteiger partial charge in [-0.1, -0.05) is 30.3 Å². The minimum atomic E-state index is -0.446. The van der Waals surface area contributed by atoms with Gasteiger partial charge in [-0.2, -0.15) is 0 Å². The Labute approximate surface area is 114 Å². The Hall–Kier alpha value is -1.77. The van der Waals surface area contributed by atoms with Gasteiger partial charge in [0, 0.05) is 13.6 Å². The summed E-state index contributed by atoms with van der Waals surface area (Å²) in [7, 11) is 1.78. The zero-order valence-electron chi connectivity index (χ0n) is 12.1. The van der Waals surface area contributed by atoms with Crippen LogP contribution in [0, 0.1) is 0 Å². The Bertz CT molecular complexity index is 512. The van der Waals surface area contributed by atoms with Crippen molar-refractivity contribution >= 4 is 12.2 Å². The molecule has 0 N–H and O–H groups in total. The van der Waals surface area contributed by atoms with Gasteiger partial charge in [0.15, 0.2) is 0 Å². The number of fused-ring (bicyclic) bond motifs is 1. The average molecular weight is 259 g/mol. The molecule has 0 saturated carbocycles.